The Bertz CT molecular complexity index is 743. The fraction of sp³-hybridized carbons (Fsp3) is 0.200. The molecule has 2 rings (SSSR count). The van der Waals surface area contributed by atoms with Gasteiger partial charge in [-0.1, -0.05) is 12.1 Å². The summed E-state index contributed by atoms with van der Waals surface area (Å²) in [5.74, 6) is -0.411. The predicted octanol–water partition coefficient (Wildman–Crippen LogP) is 2.42. The summed E-state index contributed by atoms with van der Waals surface area (Å²) in [6.45, 7) is 2.00. The summed E-state index contributed by atoms with van der Waals surface area (Å²) in [5, 5.41) is 0. The second-order valence-corrected chi connectivity index (χ2v) is 6.63. The maximum Gasteiger partial charge on any atom is 0.264 e. The van der Waals surface area contributed by atoms with Crippen LogP contribution in [0.4, 0.5) is 10.1 Å². The van der Waals surface area contributed by atoms with E-state index in [-0.39, 0.29) is 11.4 Å². The maximum atomic E-state index is 13.0. The molecule has 21 heavy (non-hydrogen) atoms. The highest BCUT2D eigenvalue weighted by molar-refractivity contribution is 7.92. The largest absolute Gasteiger partial charge is 0.326 e. The van der Waals surface area contributed by atoms with E-state index in [4.69, 9.17) is 5.73 Å². The quantitative estimate of drug-likeness (QED) is 0.943. The molecule has 0 aliphatic heterocycles. The minimum atomic E-state index is -3.71. The second kappa shape index (κ2) is 5.83. The van der Waals surface area contributed by atoms with E-state index in [2.05, 4.69) is 0 Å². The van der Waals surface area contributed by atoms with Gasteiger partial charge in [-0.15, -0.1) is 0 Å². The first-order valence-corrected chi connectivity index (χ1v) is 7.85. The van der Waals surface area contributed by atoms with Gasteiger partial charge in [0, 0.05) is 13.6 Å². The molecule has 0 aliphatic rings. The summed E-state index contributed by atoms with van der Waals surface area (Å²) < 4.78 is 39.5. The Morgan fingerprint density at radius 3 is 2.33 bits per heavy atom. The van der Waals surface area contributed by atoms with Gasteiger partial charge in [-0.3, -0.25) is 4.31 Å². The molecular formula is C15H17FN2O2S. The van der Waals surface area contributed by atoms with Crippen molar-refractivity contribution in [3.63, 3.8) is 0 Å². The van der Waals surface area contributed by atoms with Gasteiger partial charge in [0.25, 0.3) is 10.0 Å². The zero-order chi connectivity index (χ0) is 15.6. The molecule has 4 nitrogen and oxygen atoms in total. The van der Waals surface area contributed by atoms with Crippen molar-refractivity contribution in [2.75, 3.05) is 11.4 Å². The minimum Gasteiger partial charge on any atom is -0.326 e. The molecule has 2 N–H and O–H groups in total. The van der Waals surface area contributed by atoms with Crippen LogP contribution < -0.4 is 10.0 Å². The van der Waals surface area contributed by atoms with Crippen LogP contribution in [0.1, 0.15) is 11.1 Å². The van der Waals surface area contributed by atoms with E-state index in [0.29, 0.717) is 11.3 Å². The summed E-state index contributed by atoms with van der Waals surface area (Å²) >= 11 is 0. The first kappa shape index (κ1) is 15.5. The molecule has 6 heteroatoms. The van der Waals surface area contributed by atoms with Crippen molar-refractivity contribution in [2.24, 2.45) is 5.73 Å². The van der Waals surface area contributed by atoms with E-state index in [1.807, 2.05) is 0 Å². The fourth-order valence-corrected chi connectivity index (χ4v) is 3.56. The molecule has 0 heterocycles. The Morgan fingerprint density at radius 2 is 1.76 bits per heavy atom. The molecular weight excluding hydrogens is 291 g/mol. The Balaban J connectivity index is 2.49. The van der Waals surface area contributed by atoms with Crippen LogP contribution in [0.3, 0.4) is 0 Å². The van der Waals surface area contributed by atoms with Gasteiger partial charge in [0.2, 0.25) is 0 Å². The van der Waals surface area contributed by atoms with Crippen molar-refractivity contribution in [1.29, 1.82) is 0 Å². The third kappa shape index (κ3) is 2.91. The molecule has 0 saturated carbocycles. The van der Waals surface area contributed by atoms with Crippen LogP contribution in [0.2, 0.25) is 0 Å². The van der Waals surface area contributed by atoms with E-state index in [0.717, 1.165) is 9.87 Å². The molecule has 2 aromatic rings. The molecule has 2 aromatic carbocycles. The SMILES string of the molecule is Cc1c(CN)cccc1S(=O)(=O)N(C)c1ccc(F)cc1. The molecule has 0 aliphatic carbocycles. The zero-order valence-corrected chi connectivity index (χ0v) is 12.7. The molecule has 0 radical (unpaired) electrons. The zero-order valence-electron chi connectivity index (χ0n) is 11.9. The van der Waals surface area contributed by atoms with Crippen LogP contribution in [0.25, 0.3) is 0 Å². The third-order valence-electron chi connectivity index (χ3n) is 3.44. The van der Waals surface area contributed by atoms with Crippen molar-refractivity contribution < 1.29 is 12.8 Å². The van der Waals surface area contributed by atoms with Crippen LogP contribution in [-0.2, 0) is 16.6 Å². The number of sulfonamides is 1. The number of halogens is 1. The van der Waals surface area contributed by atoms with Crippen LogP contribution in [0.5, 0.6) is 0 Å². The van der Waals surface area contributed by atoms with Gasteiger partial charge in [0.1, 0.15) is 5.82 Å². The molecule has 0 atom stereocenters. The monoisotopic (exact) mass is 308 g/mol. The highest BCUT2D eigenvalue weighted by atomic mass is 32.2. The van der Waals surface area contributed by atoms with Crippen LogP contribution in [0.15, 0.2) is 47.4 Å². The van der Waals surface area contributed by atoms with Gasteiger partial charge >= 0.3 is 0 Å². The summed E-state index contributed by atoms with van der Waals surface area (Å²) in [6.07, 6.45) is 0. The van der Waals surface area contributed by atoms with Crippen molar-refractivity contribution in [3.05, 3.63) is 59.4 Å². The average Bonchev–Trinajstić information content (AvgIpc) is 2.47. The Kier molecular flexibility index (Phi) is 4.29. The van der Waals surface area contributed by atoms with Crippen LogP contribution in [-0.4, -0.2) is 15.5 Å². The van der Waals surface area contributed by atoms with Gasteiger partial charge in [-0.25, -0.2) is 12.8 Å². The number of hydrogen-bond donors (Lipinski definition) is 1. The topological polar surface area (TPSA) is 63.4 Å². The number of hydrogen-bond acceptors (Lipinski definition) is 3. The number of anilines is 1. The maximum absolute atomic E-state index is 13.0. The molecule has 112 valence electrons. The predicted molar refractivity (Wildman–Crippen MR) is 81.1 cm³/mol. The molecule has 0 amide bonds. The molecule has 0 unspecified atom stereocenters. The van der Waals surface area contributed by atoms with E-state index in [9.17, 15) is 12.8 Å². The number of rotatable bonds is 4. The first-order chi connectivity index (χ1) is 9.87. The third-order valence-corrected chi connectivity index (χ3v) is 5.37. The molecule has 0 fully saturated rings. The van der Waals surface area contributed by atoms with Gasteiger partial charge in [-0.05, 0) is 48.4 Å². The number of nitrogens with two attached hydrogens (primary N) is 1. The van der Waals surface area contributed by atoms with E-state index in [1.165, 1.54) is 31.3 Å². The van der Waals surface area contributed by atoms with Gasteiger partial charge < -0.3 is 5.73 Å². The molecule has 0 aromatic heterocycles. The van der Waals surface area contributed by atoms with Crippen LogP contribution in [0, 0.1) is 12.7 Å². The summed E-state index contributed by atoms with van der Waals surface area (Å²) in [7, 11) is -2.27. The van der Waals surface area contributed by atoms with Gasteiger partial charge in [0.05, 0.1) is 10.6 Å². The lowest BCUT2D eigenvalue weighted by atomic mass is 10.1. The van der Waals surface area contributed by atoms with E-state index < -0.39 is 15.8 Å². The van der Waals surface area contributed by atoms with Gasteiger partial charge in [0.15, 0.2) is 0 Å². The van der Waals surface area contributed by atoms with Gasteiger partial charge in [-0.2, -0.15) is 0 Å². The van der Waals surface area contributed by atoms with E-state index >= 15 is 0 Å². The Hall–Kier alpha value is -1.92. The lowest BCUT2D eigenvalue weighted by Crippen LogP contribution is -2.27. The Morgan fingerprint density at radius 1 is 1.14 bits per heavy atom. The smallest absolute Gasteiger partial charge is 0.264 e. The highest BCUT2D eigenvalue weighted by Gasteiger charge is 2.24. The molecule has 0 spiro atoms. The lowest BCUT2D eigenvalue weighted by molar-refractivity contribution is 0.593. The average molecular weight is 308 g/mol. The number of nitrogens with zero attached hydrogens (tertiary/aromatic N) is 1. The fourth-order valence-electron chi connectivity index (χ4n) is 2.10. The van der Waals surface area contributed by atoms with E-state index in [1.54, 1.807) is 25.1 Å². The summed E-state index contributed by atoms with van der Waals surface area (Å²) in [6, 6.07) is 10.3. The van der Waals surface area contributed by atoms with Crippen molar-refractivity contribution in [3.8, 4) is 0 Å². The lowest BCUT2D eigenvalue weighted by Gasteiger charge is -2.21. The minimum absolute atomic E-state index is 0.206. The molecule has 0 bridgehead atoms. The molecule has 0 saturated heterocycles. The Labute approximate surface area is 124 Å². The standard InChI is InChI=1S/C15H17FN2O2S/c1-11-12(10-17)4-3-5-15(11)21(19,20)18(2)14-8-6-13(16)7-9-14/h3-9H,10,17H2,1-2H3. The summed E-state index contributed by atoms with van der Waals surface area (Å²) in [5.41, 5.74) is 7.43. The van der Waals surface area contributed by atoms with Crippen molar-refractivity contribution in [2.45, 2.75) is 18.4 Å². The second-order valence-electron chi connectivity index (χ2n) is 4.69. The number of benzene rings is 2. The summed E-state index contributed by atoms with van der Waals surface area (Å²) in [4.78, 5) is 0.206. The van der Waals surface area contributed by atoms with Crippen molar-refractivity contribution in [1.82, 2.24) is 0 Å². The first-order valence-electron chi connectivity index (χ1n) is 6.41. The highest BCUT2D eigenvalue weighted by Crippen LogP contribution is 2.25. The van der Waals surface area contributed by atoms with Crippen LogP contribution >= 0.6 is 0 Å². The van der Waals surface area contributed by atoms with Crippen molar-refractivity contribution >= 4 is 15.7 Å². The normalized spacial score (nSPS) is 11.4.